The van der Waals surface area contributed by atoms with Crippen molar-refractivity contribution in [3.05, 3.63) is 47.0 Å². The van der Waals surface area contributed by atoms with E-state index in [0.29, 0.717) is 29.3 Å². The predicted octanol–water partition coefficient (Wildman–Crippen LogP) is 2.43. The van der Waals surface area contributed by atoms with Gasteiger partial charge in [0, 0.05) is 17.9 Å². The van der Waals surface area contributed by atoms with Crippen LogP contribution in [0.25, 0.3) is 0 Å². The number of nitriles is 1. The standard InChI is InChI=1S/C18H21N3O2S/c1-3-5-13(2)18(23)21-12-24-11-16(21)17(22)20-10-15-7-4-6-14(8-15)9-19/h4-8,16H,3,10-12H2,1-2H3,(H,20,22). The number of amides is 2. The van der Waals surface area contributed by atoms with Crippen LogP contribution in [-0.4, -0.2) is 34.4 Å². The highest BCUT2D eigenvalue weighted by Gasteiger charge is 2.34. The fourth-order valence-electron chi connectivity index (χ4n) is 2.54. The Kier molecular flexibility index (Phi) is 6.44. The molecule has 0 aromatic heterocycles. The Morgan fingerprint density at radius 2 is 2.29 bits per heavy atom. The van der Waals surface area contributed by atoms with Gasteiger partial charge < -0.3 is 10.2 Å². The number of nitrogens with zero attached hydrogens (tertiary/aromatic N) is 2. The first-order valence-corrected chi connectivity index (χ1v) is 9.04. The van der Waals surface area contributed by atoms with Crippen LogP contribution in [0.15, 0.2) is 35.9 Å². The molecule has 0 radical (unpaired) electrons. The van der Waals surface area contributed by atoms with Crippen LogP contribution in [0.2, 0.25) is 0 Å². The van der Waals surface area contributed by atoms with E-state index in [1.807, 2.05) is 19.1 Å². The van der Waals surface area contributed by atoms with Gasteiger partial charge in [-0.25, -0.2) is 0 Å². The van der Waals surface area contributed by atoms with E-state index in [-0.39, 0.29) is 11.8 Å². The lowest BCUT2D eigenvalue weighted by Gasteiger charge is -2.23. The SMILES string of the molecule is CCC=C(C)C(=O)N1CSCC1C(=O)NCc1cccc(C#N)c1. The zero-order chi connectivity index (χ0) is 17.5. The van der Waals surface area contributed by atoms with E-state index >= 15 is 0 Å². The highest BCUT2D eigenvalue weighted by molar-refractivity contribution is 7.99. The van der Waals surface area contributed by atoms with E-state index in [0.717, 1.165) is 12.0 Å². The molecular weight excluding hydrogens is 322 g/mol. The van der Waals surface area contributed by atoms with Crippen LogP contribution in [0.5, 0.6) is 0 Å². The third-order valence-corrected chi connectivity index (χ3v) is 4.83. The fourth-order valence-corrected chi connectivity index (χ4v) is 3.69. The minimum Gasteiger partial charge on any atom is -0.350 e. The van der Waals surface area contributed by atoms with Crippen LogP contribution in [0.1, 0.15) is 31.4 Å². The molecule has 5 nitrogen and oxygen atoms in total. The smallest absolute Gasteiger partial charge is 0.250 e. The number of benzene rings is 1. The normalized spacial score (nSPS) is 17.5. The molecule has 1 aromatic carbocycles. The Hall–Kier alpha value is -2.26. The summed E-state index contributed by atoms with van der Waals surface area (Å²) in [5, 5.41) is 11.8. The summed E-state index contributed by atoms with van der Waals surface area (Å²) >= 11 is 1.58. The number of hydrogen-bond donors (Lipinski definition) is 1. The maximum atomic E-state index is 12.5. The maximum Gasteiger partial charge on any atom is 0.250 e. The molecule has 1 aromatic rings. The molecule has 1 fully saturated rings. The average Bonchev–Trinajstić information content (AvgIpc) is 3.09. The van der Waals surface area contributed by atoms with Crippen molar-refractivity contribution in [1.82, 2.24) is 10.2 Å². The van der Waals surface area contributed by atoms with Gasteiger partial charge in [0.25, 0.3) is 5.91 Å². The third kappa shape index (κ3) is 4.39. The van der Waals surface area contributed by atoms with Crippen molar-refractivity contribution in [1.29, 1.82) is 5.26 Å². The van der Waals surface area contributed by atoms with Gasteiger partial charge in [-0.05, 0) is 31.0 Å². The molecule has 6 heteroatoms. The van der Waals surface area contributed by atoms with E-state index in [9.17, 15) is 9.59 Å². The van der Waals surface area contributed by atoms with Gasteiger partial charge >= 0.3 is 0 Å². The van der Waals surface area contributed by atoms with E-state index in [4.69, 9.17) is 5.26 Å². The molecule has 0 bridgehead atoms. The lowest BCUT2D eigenvalue weighted by atomic mass is 10.1. The molecule has 24 heavy (non-hydrogen) atoms. The van der Waals surface area contributed by atoms with Gasteiger partial charge in [0.05, 0.1) is 17.5 Å². The molecule has 0 saturated carbocycles. The van der Waals surface area contributed by atoms with Gasteiger partial charge in [-0.2, -0.15) is 5.26 Å². The summed E-state index contributed by atoms with van der Waals surface area (Å²) in [6.45, 7) is 4.12. The summed E-state index contributed by atoms with van der Waals surface area (Å²) in [5.41, 5.74) is 2.11. The second-order valence-electron chi connectivity index (χ2n) is 5.62. The first-order valence-electron chi connectivity index (χ1n) is 7.89. The van der Waals surface area contributed by atoms with Gasteiger partial charge in [-0.15, -0.1) is 11.8 Å². The zero-order valence-electron chi connectivity index (χ0n) is 13.9. The molecule has 1 unspecified atom stereocenters. The van der Waals surface area contributed by atoms with Gasteiger partial charge in [-0.1, -0.05) is 25.1 Å². The lowest BCUT2D eigenvalue weighted by molar-refractivity contribution is -0.135. The number of thioether (sulfide) groups is 1. The quantitative estimate of drug-likeness (QED) is 0.834. The molecule has 1 saturated heterocycles. The molecule has 2 amide bonds. The number of hydrogen-bond acceptors (Lipinski definition) is 4. The monoisotopic (exact) mass is 343 g/mol. The van der Waals surface area contributed by atoms with Crippen molar-refractivity contribution in [3.63, 3.8) is 0 Å². The lowest BCUT2D eigenvalue weighted by Crippen LogP contribution is -2.47. The summed E-state index contributed by atoms with van der Waals surface area (Å²) in [5.74, 6) is 0.916. The maximum absolute atomic E-state index is 12.5. The van der Waals surface area contributed by atoms with Gasteiger partial charge in [-0.3, -0.25) is 9.59 Å². The fraction of sp³-hybridized carbons (Fsp3) is 0.389. The van der Waals surface area contributed by atoms with E-state index in [2.05, 4.69) is 11.4 Å². The minimum absolute atomic E-state index is 0.0755. The van der Waals surface area contributed by atoms with Crippen molar-refractivity contribution in [3.8, 4) is 6.07 Å². The Balaban J connectivity index is 1.99. The summed E-state index contributed by atoms with van der Waals surface area (Å²) in [6.07, 6.45) is 2.68. The number of allylic oxidation sites excluding steroid dienone is 1. The van der Waals surface area contributed by atoms with Crippen molar-refractivity contribution in [2.24, 2.45) is 0 Å². The highest BCUT2D eigenvalue weighted by atomic mass is 32.2. The van der Waals surface area contributed by atoms with Gasteiger partial charge in [0.2, 0.25) is 5.91 Å². The van der Waals surface area contributed by atoms with Crippen molar-refractivity contribution in [2.45, 2.75) is 32.9 Å². The summed E-state index contributed by atoms with van der Waals surface area (Å²) in [6, 6.07) is 8.77. The molecule has 1 N–H and O–H groups in total. The van der Waals surface area contributed by atoms with E-state index < -0.39 is 6.04 Å². The van der Waals surface area contributed by atoms with Crippen LogP contribution in [-0.2, 0) is 16.1 Å². The van der Waals surface area contributed by atoms with Crippen molar-refractivity contribution >= 4 is 23.6 Å². The van der Waals surface area contributed by atoms with E-state index in [1.54, 1.807) is 41.8 Å². The Morgan fingerprint density at radius 3 is 3.00 bits per heavy atom. The molecule has 1 aliphatic heterocycles. The van der Waals surface area contributed by atoms with Crippen LogP contribution < -0.4 is 5.32 Å². The molecular formula is C18H21N3O2S. The Morgan fingerprint density at radius 1 is 1.50 bits per heavy atom. The predicted molar refractivity (Wildman–Crippen MR) is 95.0 cm³/mol. The summed E-state index contributed by atoms with van der Waals surface area (Å²) in [7, 11) is 0. The number of rotatable bonds is 5. The topological polar surface area (TPSA) is 73.2 Å². The number of carbonyl (C=O) groups excluding carboxylic acids is 2. The number of carbonyl (C=O) groups is 2. The average molecular weight is 343 g/mol. The molecule has 0 aliphatic carbocycles. The third-order valence-electron chi connectivity index (χ3n) is 3.82. The Labute approximate surface area is 146 Å². The number of nitrogens with one attached hydrogen (secondary N) is 1. The first kappa shape index (κ1) is 18.1. The summed E-state index contributed by atoms with van der Waals surface area (Å²) < 4.78 is 0. The molecule has 0 spiro atoms. The van der Waals surface area contributed by atoms with E-state index in [1.165, 1.54) is 0 Å². The molecule has 1 heterocycles. The molecule has 126 valence electrons. The minimum atomic E-state index is -0.443. The molecule has 2 rings (SSSR count). The highest BCUT2D eigenvalue weighted by Crippen LogP contribution is 2.23. The summed E-state index contributed by atoms with van der Waals surface area (Å²) in [4.78, 5) is 26.5. The van der Waals surface area contributed by atoms with Crippen molar-refractivity contribution < 1.29 is 9.59 Å². The van der Waals surface area contributed by atoms with Gasteiger partial charge in [0.15, 0.2) is 0 Å². The van der Waals surface area contributed by atoms with Crippen LogP contribution in [0.4, 0.5) is 0 Å². The zero-order valence-corrected chi connectivity index (χ0v) is 14.7. The van der Waals surface area contributed by atoms with Crippen LogP contribution in [0, 0.1) is 11.3 Å². The molecule has 1 aliphatic rings. The Bertz CT molecular complexity index is 694. The first-order chi connectivity index (χ1) is 11.6. The van der Waals surface area contributed by atoms with Crippen LogP contribution in [0.3, 0.4) is 0 Å². The van der Waals surface area contributed by atoms with Crippen molar-refractivity contribution in [2.75, 3.05) is 11.6 Å². The van der Waals surface area contributed by atoms with Gasteiger partial charge in [0.1, 0.15) is 6.04 Å². The second kappa shape index (κ2) is 8.55. The molecule has 1 atom stereocenters. The van der Waals surface area contributed by atoms with Crippen LogP contribution >= 0.6 is 11.8 Å². The largest absolute Gasteiger partial charge is 0.350 e. The second-order valence-corrected chi connectivity index (χ2v) is 6.62.